The molecule has 0 N–H and O–H groups in total. The fourth-order valence-corrected chi connectivity index (χ4v) is 4.94. The number of amides is 2. The normalized spacial score (nSPS) is 19.8. The Labute approximate surface area is 193 Å². The van der Waals surface area contributed by atoms with Gasteiger partial charge in [0.2, 0.25) is 5.91 Å². The van der Waals surface area contributed by atoms with Crippen molar-refractivity contribution in [2.45, 2.75) is 44.6 Å². The highest BCUT2D eigenvalue weighted by Crippen LogP contribution is 2.34. The van der Waals surface area contributed by atoms with Gasteiger partial charge in [0.15, 0.2) is 0 Å². The molecule has 33 heavy (non-hydrogen) atoms. The van der Waals surface area contributed by atoms with E-state index in [1.165, 1.54) is 6.07 Å². The Hall–Kier alpha value is -2.96. The summed E-state index contributed by atoms with van der Waals surface area (Å²) in [4.78, 5) is 29.8. The maximum absolute atomic E-state index is 14.0. The Kier molecular flexibility index (Phi) is 7.26. The second kappa shape index (κ2) is 10.3. The predicted molar refractivity (Wildman–Crippen MR) is 121 cm³/mol. The van der Waals surface area contributed by atoms with E-state index in [1.54, 1.807) is 12.0 Å². The molecule has 5 nitrogen and oxygen atoms in total. The minimum Gasteiger partial charge on any atom is -0.497 e. The molecule has 0 radical (unpaired) electrons. The van der Waals surface area contributed by atoms with Crippen LogP contribution in [-0.4, -0.2) is 48.4 Å². The lowest BCUT2D eigenvalue weighted by Gasteiger charge is -2.37. The molecular weight excluding hydrogens is 426 g/mol. The molecule has 2 saturated heterocycles. The fourth-order valence-electron chi connectivity index (χ4n) is 4.94. The van der Waals surface area contributed by atoms with Crippen LogP contribution in [0.1, 0.15) is 60.5 Å². The summed E-state index contributed by atoms with van der Waals surface area (Å²) >= 11 is 0. The van der Waals surface area contributed by atoms with E-state index in [1.807, 2.05) is 29.2 Å². The minimum absolute atomic E-state index is 0.0406. The highest BCUT2D eigenvalue weighted by atomic mass is 19.1. The van der Waals surface area contributed by atoms with Crippen molar-refractivity contribution in [2.24, 2.45) is 5.92 Å². The Morgan fingerprint density at radius 3 is 2.30 bits per heavy atom. The largest absolute Gasteiger partial charge is 0.497 e. The van der Waals surface area contributed by atoms with E-state index >= 15 is 0 Å². The first-order valence-electron chi connectivity index (χ1n) is 11.7. The molecule has 0 aliphatic carbocycles. The topological polar surface area (TPSA) is 49.9 Å². The summed E-state index contributed by atoms with van der Waals surface area (Å²) < 4.78 is 32.5. The molecule has 2 aliphatic heterocycles. The van der Waals surface area contributed by atoms with Crippen LogP contribution in [0.2, 0.25) is 0 Å². The van der Waals surface area contributed by atoms with E-state index in [2.05, 4.69) is 0 Å². The number of rotatable bonds is 4. The standard InChI is InChI=1S/C26H30F2N2O3/c1-33-21-9-6-18(7-10-21)24-5-3-2-4-14-30(24)25(31)19-12-15-29(16-13-19)26(32)22-11-8-20(27)17-23(22)28/h6-11,17,19,24H,2-5,12-16H2,1H3. The SMILES string of the molecule is COc1ccc(C2CCCCCN2C(=O)C2CCN(C(=O)c3ccc(F)cc3F)CC2)cc1. The molecule has 2 heterocycles. The predicted octanol–water partition coefficient (Wildman–Crippen LogP) is 4.97. The van der Waals surface area contributed by atoms with Gasteiger partial charge < -0.3 is 14.5 Å². The van der Waals surface area contributed by atoms with Crippen molar-refractivity contribution in [3.63, 3.8) is 0 Å². The van der Waals surface area contributed by atoms with Crippen molar-refractivity contribution < 1.29 is 23.1 Å². The Balaban J connectivity index is 1.43. The van der Waals surface area contributed by atoms with Crippen molar-refractivity contribution in [3.05, 3.63) is 65.2 Å². The van der Waals surface area contributed by atoms with Crippen LogP contribution in [0.25, 0.3) is 0 Å². The third-order valence-electron chi connectivity index (χ3n) is 6.83. The van der Waals surface area contributed by atoms with Crippen LogP contribution in [0.15, 0.2) is 42.5 Å². The smallest absolute Gasteiger partial charge is 0.256 e. The molecular formula is C26H30F2N2O3. The molecule has 4 rings (SSSR count). The number of hydrogen-bond acceptors (Lipinski definition) is 3. The van der Waals surface area contributed by atoms with E-state index in [0.717, 1.165) is 55.7 Å². The van der Waals surface area contributed by atoms with Gasteiger partial charge in [0, 0.05) is 31.6 Å². The van der Waals surface area contributed by atoms with Gasteiger partial charge in [-0.25, -0.2) is 8.78 Å². The summed E-state index contributed by atoms with van der Waals surface area (Å²) in [5.41, 5.74) is 0.985. The number of methoxy groups -OCH3 is 1. The molecule has 0 spiro atoms. The summed E-state index contributed by atoms with van der Waals surface area (Å²) in [7, 11) is 1.64. The molecule has 2 aliphatic rings. The number of carbonyl (C=O) groups excluding carboxylic acids is 2. The number of halogens is 2. The summed E-state index contributed by atoms with van der Waals surface area (Å²) in [5, 5.41) is 0. The van der Waals surface area contributed by atoms with Crippen molar-refractivity contribution in [2.75, 3.05) is 26.7 Å². The monoisotopic (exact) mass is 456 g/mol. The van der Waals surface area contributed by atoms with Gasteiger partial charge in [0.05, 0.1) is 18.7 Å². The third kappa shape index (κ3) is 5.18. The molecule has 1 unspecified atom stereocenters. The van der Waals surface area contributed by atoms with Gasteiger partial charge in [0.1, 0.15) is 17.4 Å². The Bertz CT molecular complexity index is 988. The van der Waals surface area contributed by atoms with E-state index in [-0.39, 0.29) is 23.4 Å². The number of benzene rings is 2. The van der Waals surface area contributed by atoms with E-state index in [4.69, 9.17) is 4.74 Å². The van der Waals surface area contributed by atoms with Crippen LogP contribution in [0.5, 0.6) is 5.75 Å². The first-order chi connectivity index (χ1) is 16.0. The van der Waals surface area contributed by atoms with Crippen LogP contribution in [-0.2, 0) is 4.79 Å². The van der Waals surface area contributed by atoms with Crippen LogP contribution >= 0.6 is 0 Å². The second-order valence-corrected chi connectivity index (χ2v) is 8.86. The van der Waals surface area contributed by atoms with Crippen LogP contribution in [0.4, 0.5) is 8.78 Å². The number of hydrogen-bond donors (Lipinski definition) is 0. The number of piperidine rings is 1. The fraction of sp³-hybridized carbons (Fsp3) is 0.462. The summed E-state index contributed by atoms with van der Waals surface area (Å²) in [6.07, 6.45) is 5.18. The van der Waals surface area contributed by atoms with Gasteiger partial charge >= 0.3 is 0 Å². The van der Waals surface area contributed by atoms with Gasteiger partial charge in [-0.05, 0) is 55.5 Å². The zero-order chi connectivity index (χ0) is 23.4. The van der Waals surface area contributed by atoms with Gasteiger partial charge in [-0.2, -0.15) is 0 Å². The lowest BCUT2D eigenvalue weighted by atomic mass is 9.92. The van der Waals surface area contributed by atoms with Crippen LogP contribution < -0.4 is 4.74 Å². The number of ether oxygens (including phenoxy) is 1. The Morgan fingerprint density at radius 1 is 0.909 bits per heavy atom. The second-order valence-electron chi connectivity index (χ2n) is 8.86. The Morgan fingerprint density at radius 2 is 1.64 bits per heavy atom. The zero-order valence-corrected chi connectivity index (χ0v) is 18.9. The van der Waals surface area contributed by atoms with Crippen LogP contribution in [0, 0.1) is 17.6 Å². The molecule has 2 amide bonds. The summed E-state index contributed by atoms with van der Waals surface area (Å²) in [6, 6.07) is 11.0. The van der Waals surface area contributed by atoms with Crippen LogP contribution in [0.3, 0.4) is 0 Å². The number of likely N-dealkylation sites (tertiary alicyclic amines) is 2. The molecule has 0 bridgehead atoms. The molecule has 1 atom stereocenters. The lowest BCUT2D eigenvalue weighted by Crippen LogP contribution is -2.45. The number of nitrogens with zero attached hydrogens (tertiary/aromatic N) is 2. The molecule has 0 saturated carbocycles. The third-order valence-corrected chi connectivity index (χ3v) is 6.83. The van der Waals surface area contributed by atoms with Crippen molar-refractivity contribution >= 4 is 11.8 Å². The zero-order valence-electron chi connectivity index (χ0n) is 18.9. The molecule has 2 aromatic carbocycles. The summed E-state index contributed by atoms with van der Waals surface area (Å²) in [6.45, 7) is 1.50. The maximum Gasteiger partial charge on any atom is 0.256 e. The molecule has 176 valence electrons. The molecule has 0 aromatic heterocycles. The minimum atomic E-state index is -0.856. The maximum atomic E-state index is 14.0. The highest BCUT2D eigenvalue weighted by molar-refractivity contribution is 5.94. The molecule has 2 aromatic rings. The average Bonchev–Trinajstić information content (AvgIpc) is 3.09. The molecule has 2 fully saturated rings. The van der Waals surface area contributed by atoms with Gasteiger partial charge in [-0.1, -0.05) is 25.0 Å². The summed E-state index contributed by atoms with van der Waals surface area (Å²) in [5.74, 6) is -1.25. The molecule has 7 heteroatoms. The van der Waals surface area contributed by atoms with E-state index < -0.39 is 17.5 Å². The van der Waals surface area contributed by atoms with Gasteiger partial charge in [-0.3, -0.25) is 9.59 Å². The van der Waals surface area contributed by atoms with Crippen molar-refractivity contribution in [1.29, 1.82) is 0 Å². The van der Waals surface area contributed by atoms with E-state index in [0.29, 0.717) is 25.9 Å². The first kappa shape index (κ1) is 23.2. The highest BCUT2D eigenvalue weighted by Gasteiger charge is 2.34. The van der Waals surface area contributed by atoms with Crippen molar-refractivity contribution in [1.82, 2.24) is 9.80 Å². The average molecular weight is 457 g/mol. The van der Waals surface area contributed by atoms with Gasteiger partial charge in [-0.15, -0.1) is 0 Å². The number of carbonyl (C=O) groups is 2. The quantitative estimate of drug-likeness (QED) is 0.653. The lowest BCUT2D eigenvalue weighted by molar-refractivity contribution is -0.139. The van der Waals surface area contributed by atoms with Gasteiger partial charge in [0.25, 0.3) is 5.91 Å². The first-order valence-corrected chi connectivity index (χ1v) is 11.7. The van der Waals surface area contributed by atoms with Crippen molar-refractivity contribution in [3.8, 4) is 5.75 Å². The van der Waals surface area contributed by atoms with E-state index in [9.17, 15) is 18.4 Å².